The number of ether oxygens (including phenoxy) is 1. The number of amides is 1. The molecule has 2 aromatic carbocycles. The van der Waals surface area contributed by atoms with Crippen molar-refractivity contribution in [2.45, 2.75) is 34.6 Å². The van der Waals surface area contributed by atoms with E-state index in [0.29, 0.717) is 5.75 Å². The summed E-state index contributed by atoms with van der Waals surface area (Å²) in [5.41, 5.74) is 6.69. The zero-order valence-electron chi connectivity index (χ0n) is 17.7. The van der Waals surface area contributed by atoms with Gasteiger partial charge in [0.15, 0.2) is 6.61 Å². The average Bonchev–Trinajstić information content (AvgIpc) is 3.27. The maximum Gasteiger partial charge on any atom is 0.262 e. The second kappa shape index (κ2) is 7.91. The van der Waals surface area contributed by atoms with Gasteiger partial charge in [-0.05, 0) is 69.5 Å². The number of hydrogen-bond donors (Lipinski definition) is 1. The Balaban J connectivity index is 1.59. The number of thiazole rings is 1. The highest BCUT2D eigenvalue weighted by Crippen LogP contribution is 2.34. The van der Waals surface area contributed by atoms with Crippen LogP contribution in [0, 0.1) is 34.6 Å². The zero-order chi connectivity index (χ0) is 21.4. The van der Waals surface area contributed by atoms with Crippen molar-refractivity contribution in [3.8, 4) is 10.9 Å². The molecule has 1 amide bonds. The van der Waals surface area contributed by atoms with Crippen LogP contribution in [0.2, 0.25) is 0 Å². The SMILES string of the molecule is Cc1cc(C)n(-c2nc3cc(C)c(NC(=O)COc4ccccc4C)c(C)c3s2)n1. The molecule has 7 heteroatoms. The molecule has 0 unspecified atom stereocenters. The van der Waals surface area contributed by atoms with Crippen molar-refractivity contribution in [1.82, 2.24) is 14.8 Å². The van der Waals surface area contributed by atoms with Crippen molar-refractivity contribution in [3.05, 3.63) is 64.5 Å². The summed E-state index contributed by atoms with van der Waals surface area (Å²) < 4.78 is 8.59. The fraction of sp³-hybridized carbons (Fsp3) is 0.261. The van der Waals surface area contributed by atoms with E-state index < -0.39 is 0 Å². The second-order valence-corrected chi connectivity index (χ2v) is 8.46. The van der Waals surface area contributed by atoms with Crippen LogP contribution in [0.3, 0.4) is 0 Å². The van der Waals surface area contributed by atoms with Gasteiger partial charge in [0.25, 0.3) is 5.91 Å². The Morgan fingerprint density at radius 2 is 1.87 bits per heavy atom. The topological polar surface area (TPSA) is 69.0 Å². The Kier molecular flexibility index (Phi) is 5.30. The molecule has 2 heterocycles. The van der Waals surface area contributed by atoms with Gasteiger partial charge < -0.3 is 10.1 Å². The predicted octanol–water partition coefficient (Wildman–Crippen LogP) is 5.04. The number of para-hydroxylation sites is 1. The van der Waals surface area contributed by atoms with Crippen LogP contribution in [-0.2, 0) is 4.79 Å². The van der Waals surface area contributed by atoms with E-state index in [2.05, 4.69) is 10.4 Å². The van der Waals surface area contributed by atoms with Gasteiger partial charge >= 0.3 is 0 Å². The van der Waals surface area contributed by atoms with Crippen LogP contribution in [-0.4, -0.2) is 27.3 Å². The van der Waals surface area contributed by atoms with Crippen molar-refractivity contribution in [3.63, 3.8) is 0 Å². The smallest absolute Gasteiger partial charge is 0.262 e. The van der Waals surface area contributed by atoms with Crippen molar-refractivity contribution in [2.75, 3.05) is 11.9 Å². The van der Waals surface area contributed by atoms with Gasteiger partial charge in [0, 0.05) is 11.4 Å². The Hall–Kier alpha value is -3.19. The quantitative estimate of drug-likeness (QED) is 0.491. The minimum atomic E-state index is -0.188. The fourth-order valence-electron chi connectivity index (χ4n) is 3.52. The Labute approximate surface area is 179 Å². The highest BCUT2D eigenvalue weighted by molar-refractivity contribution is 7.21. The summed E-state index contributed by atoms with van der Waals surface area (Å²) in [4.78, 5) is 17.3. The summed E-state index contributed by atoms with van der Waals surface area (Å²) in [6, 6.07) is 11.7. The average molecular weight is 421 g/mol. The highest BCUT2D eigenvalue weighted by atomic mass is 32.1. The molecule has 0 saturated carbocycles. The summed E-state index contributed by atoms with van der Waals surface area (Å²) in [6.45, 7) is 9.90. The van der Waals surface area contributed by atoms with E-state index in [1.165, 1.54) is 0 Å². The zero-order valence-corrected chi connectivity index (χ0v) is 18.6. The van der Waals surface area contributed by atoms with Crippen molar-refractivity contribution >= 4 is 33.1 Å². The normalized spacial score (nSPS) is 11.1. The number of aryl methyl sites for hydroxylation is 5. The first kappa shape index (κ1) is 20.1. The molecule has 30 heavy (non-hydrogen) atoms. The molecule has 0 aliphatic carbocycles. The van der Waals surface area contributed by atoms with E-state index >= 15 is 0 Å². The van der Waals surface area contributed by atoms with Gasteiger partial charge in [-0.25, -0.2) is 9.67 Å². The summed E-state index contributed by atoms with van der Waals surface area (Å²) in [6.07, 6.45) is 0. The lowest BCUT2D eigenvalue weighted by Crippen LogP contribution is -2.21. The molecule has 0 fully saturated rings. The number of rotatable bonds is 5. The molecule has 0 aliphatic heterocycles. The molecule has 154 valence electrons. The molecule has 0 bridgehead atoms. The van der Waals surface area contributed by atoms with Crippen molar-refractivity contribution < 1.29 is 9.53 Å². The number of aromatic nitrogens is 3. The van der Waals surface area contributed by atoms with Crippen LogP contribution >= 0.6 is 11.3 Å². The minimum absolute atomic E-state index is 0.0402. The molecule has 2 aromatic heterocycles. The molecular formula is C23H24N4O2S. The molecule has 0 spiro atoms. The number of carbonyl (C=O) groups is 1. The number of hydrogen-bond acceptors (Lipinski definition) is 5. The van der Waals surface area contributed by atoms with Crippen LogP contribution < -0.4 is 10.1 Å². The van der Waals surface area contributed by atoms with Gasteiger partial charge in [0.05, 0.1) is 15.9 Å². The van der Waals surface area contributed by atoms with E-state index in [1.54, 1.807) is 11.3 Å². The van der Waals surface area contributed by atoms with Gasteiger partial charge in [0.1, 0.15) is 5.75 Å². The highest BCUT2D eigenvalue weighted by Gasteiger charge is 2.17. The third-order valence-electron chi connectivity index (χ3n) is 5.01. The second-order valence-electron chi connectivity index (χ2n) is 7.48. The molecule has 0 saturated heterocycles. The van der Waals surface area contributed by atoms with Crippen molar-refractivity contribution in [2.24, 2.45) is 0 Å². The van der Waals surface area contributed by atoms with Gasteiger partial charge in [-0.1, -0.05) is 29.5 Å². The number of benzene rings is 2. The first-order chi connectivity index (χ1) is 14.3. The van der Waals surface area contributed by atoms with Gasteiger partial charge in [-0.2, -0.15) is 5.10 Å². The molecule has 0 atom stereocenters. The summed E-state index contributed by atoms with van der Waals surface area (Å²) >= 11 is 1.57. The van der Waals surface area contributed by atoms with Gasteiger partial charge in [-0.15, -0.1) is 0 Å². The standard InChI is InChI=1S/C23H24N4O2S/c1-13-8-6-7-9-19(13)29-12-20(28)25-21-14(2)10-18-22(17(21)5)30-23(24-18)27-16(4)11-15(3)26-27/h6-11H,12H2,1-5H3,(H,25,28). The molecule has 4 rings (SSSR count). The number of nitrogens with zero attached hydrogens (tertiary/aromatic N) is 3. The first-order valence-corrected chi connectivity index (χ1v) is 10.6. The third-order valence-corrected chi connectivity index (χ3v) is 6.18. The monoisotopic (exact) mass is 420 g/mol. The maximum absolute atomic E-state index is 12.5. The maximum atomic E-state index is 12.5. The largest absolute Gasteiger partial charge is 0.483 e. The number of fused-ring (bicyclic) bond motifs is 1. The van der Waals surface area contributed by atoms with Gasteiger partial charge in [0.2, 0.25) is 5.13 Å². The molecule has 6 nitrogen and oxygen atoms in total. The van der Waals surface area contributed by atoms with Crippen molar-refractivity contribution in [1.29, 1.82) is 0 Å². The lowest BCUT2D eigenvalue weighted by atomic mass is 10.1. The van der Waals surface area contributed by atoms with Crippen LogP contribution in [0.15, 0.2) is 36.4 Å². The van der Waals surface area contributed by atoms with Crippen LogP contribution in [0.25, 0.3) is 15.3 Å². The molecule has 1 N–H and O–H groups in total. The van der Waals surface area contributed by atoms with E-state index in [-0.39, 0.29) is 12.5 Å². The first-order valence-electron chi connectivity index (χ1n) is 9.76. The van der Waals surface area contributed by atoms with Crippen LogP contribution in [0.5, 0.6) is 5.75 Å². The molecule has 0 radical (unpaired) electrons. The Morgan fingerprint density at radius 1 is 1.10 bits per heavy atom. The van der Waals surface area contributed by atoms with E-state index in [1.807, 2.05) is 75.7 Å². The molecule has 0 aliphatic rings. The predicted molar refractivity (Wildman–Crippen MR) is 121 cm³/mol. The number of nitrogens with one attached hydrogen (secondary N) is 1. The Morgan fingerprint density at radius 3 is 2.57 bits per heavy atom. The number of carbonyl (C=O) groups excluding carboxylic acids is 1. The van der Waals surface area contributed by atoms with E-state index in [9.17, 15) is 4.79 Å². The molecular weight excluding hydrogens is 396 g/mol. The minimum Gasteiger partial charge on any atom is -0.483 e. The Bertz CT molecular complexity index is 1260. The van der Waals surface area contributed by atoms with E-state index in [4.69, 9.17) is 9.72 Å². The van der Waals surface area contributed by atoms with Gasteiger partial charge in [-0.3, -0.25) is 4.79 Å². The van der Waals surface area contributed by atoms with Crippen LogP contribution in [0.1, 0.15) is 28.1 Å². The summed E-state index contributed by atoms with van der Waals surface area (Å²) in [7, 11) is 0. The van der Waals surface area contributed by atoms with E-state index in [0.717, 1.165) is 49.1 Å². The third kappa shape index (κ3) is 3.80. The molecule has 4 aromatic rings. The fourth-order valence-corrected chi connectivity index (χ4v) is 4.58. The van der Waals surface area contributed by atoms with Crippen LogP contribution in [0.4, 0.5) is 5.69 Å². The lowest BCUT2D eigenvalue weighted by Gasteiger charge is -2.13. The number of anilines is 1. The summed E-state index contributed by atoms with van der Waals surface area (Å²) in [5.74, 6) is 0.528. The lowest BCUT2D eigenvalue weighted by molar-refractivity contribution is -0.118. The summed E-state index contributed by atoms with van der Waals surface area (Å²) in [5, 5.41) is 8.38.